The molecule has 0 bridgehead atoms. The Balaban J connectivity index is 2.34. The van der Waals surface area contributed by atoms with Crippen molar-refractivity contribution in [3.63, 3.8) is 0 Å². The van der Waals surface area contributed by atoms with Crippen LogP contribution < -0.4 is 0 Å². The number of rotatable bonds is 0. The van der Waals surface area contributed by atoms with E-state index in [0.717, 1.165) is 28.3 Å². The van der Waals surface area contributed by atoms with E-state index in [9.17, 15) is 13.2 Å². The van der Waals surface area contributed by atoms with Gasteiger partial charge in [0.1, 0.15) is 0 Å². The highest BCUT2D eigenvalue weighted by Gasteiger charge is 2.30. The van der Waals surface area contributed by atoms with Crippen molar-refractivity contribution in [3.8, 4) is 0 Å². The third-order valence-corrected chi connectivity index (χ3v) is 3.44. The zero-order valence-electron chi connectivity index (χ0n) is 9.63. The van der Waals surface area contributed by atoms with Crippen molar-refractivity contribution in [3.05, 3.63) is 59.1 Å². The molecule has 0 saturated heterocycles. The number of alkyl halides is 3. The normalized spacial score (nSPS) is 12.2. The van der Waals surface area contributed by atoms with Gasteiger partial charge in [-0.15, -0.1) is 0 Å². The summed E-state index contributed by atoms with van der Waals surface area (Å²) in [7, 11) is 0. The Morgan fingerprint density at radius 3 is 2.32 bits per heavy atom. The molecule has 0 aromatic heterocycles. The lowest BCUT2D eigenvalue weighted by Crippen LogP contribution is -2.04. The average molecular weight is 281 g/mol. The minimum Gasteiger partial charge on any atom is -0.166 e. The van der Waals surface area contributed by atoms with Crippen LogP contribution in [0.5, 0.6) is 0 Å². The molecule has 0 N–H and O–H groups in total. The Morgan fingerprint density at radius 1 is 0.789 bits per heavy atom. The first kappa shape index (κ1) is 12.3. The molecular formula is C15H8ClF3. The molecule has 0 saturated carbocycles. The lowest BCUT2D eigenvalue weighted by molar-refractivity contribution is -0.137. The molecule has 0 radical (unpaired) electrons. The molecule has 0 fully saturated rings. The molecule has 0 atom stereocenters. The van der Waals surface area contributed by atoms with E-state index in [0.29, 0.717) is 10.4 Å². The largest absolute Gasteiger partial charge is 0.416 e. The van der Waals surface area contributed by atoms with Gasteiger partial charge in [-0.3, -0.25) is 0 Å². The molecule has 0 aliphatic heterocycles. The second kappa shape index (κ2) is 4.14. The highest BCUT2D eigenvalue weighted by molar-refractivity contribution is 6.35. The van der Waals surface area contributed by atoms with Gasteiger partial charge in [0.15, 0.2) is 0 Å². The number of hydrogen-bond donors (Lipinski definition) is 0. The third kappa shape index (κ3) is 2.15. The first-order chi connectivity index (χ1) is 8.95. The average Bonchev–Trinajstić information content (AvgIpc) is 2.35. The van der Waals surface area contributed by atoms with Crippen LogP contribution in [0.1, 0.15) is 5.56 Å². The molecule has 4 heteroatoms. The monoisotopic (exact) mass is 280 g/mol. The predicted octanol–water partition coefficient (Wildman–Crippen LogP) is 5.67. The van der Waals surface area contributed by atoms with E-state index in [1.165, 1.54) is 6.07 Å². The Morgan fingerprint density at radius 2 is 1.58 bits per heavy atom. The van der Waals surface area contributed by atoms with Crippen molar-refractivity contribution >= 4 is 33.1 Å². The van der Waals surface area contributed by atoms with Crippen molar-refractivity contribution in [2.45, 2.75) is 6.18 Å². The van der Waals surface area contributed by atoms with E-state index < -0.39 is 11.7 Å². The Bertz CT molecular complexity index is 775. The van der Waals surface area contributed by atoms with Gasteiger partial charge in [0.2, 0.25) is 0 Å². The highest BCUT2D eigenvalue weighted by Crippen LogP contribution is 2.34. The van der Waals surface area contributed by atoms with Crippen molar-refractivity contribution in [2.24, 2.45) is 0 Å². The number of halogens is 4. The van der Waals surface area contributed by atoms with Crippen LogP contribution in [0.4, 0.5) is 13.2 Å². The smallest absolute Gasteiger partial charge is 0.166 e. The van der Waals surface area contributed by atoms with Gasteiger partial charge in [0, 0.05) is 10.4 Å². The summed E-state index contributed by atoms with van der Waals surface area (Å²) in [5.74, 6) is 0. The molecule has 19 heavy (non-hydrogen) atoms. The summed E-state index contributed by atoms with van der Waals surface area (Å²) in [6, 6.07) is 12.7. The molecule has 3 rings (SSSR count). The lowest BCUT2D eigenvalue weighted by atomic mass is 10.0. The van der Waals surface area contributed by atoms with Crippen LogP contribution in [0.15, 0.2) is 48.5 Å². The molecule has 3 aromatic rings. The van der Waals surface area contributed by atoms with Gasteiger partial charge in [-0.25, -0.2) is 0 Å². The van der Waals surface area contributed by atoms with Crippen molar-refractivity contribution in [1.82, 2.24) is 0 Å². The van der Waals surface area contributed by atoms with Crippen LogP contribution in [0, 0.1) is 0 Å². The van der Waals surface area contributed by atoms with Crippen LogP contribution in [-0.4, -0.2) is 0 Å². The topological polar surface area (TPSA) is 0 Å². The summed E-state index contributed by atoms with van der Waals surface area (Å²) in [6.07, 6.45) is -4.33. The van der Waals surface area contributed by atoms with Crippen LogP contribution in [-0.2, 0) is 6.18 Å². The van der Waals surface area contributed by atoms with Gasteiger partial charge in [-0.2, -0.15) is 13.2 Å². The van der Waals surface area contributed by atoms with Crippen molar-refractivity contribution in [1.29, 1.82) is 0 Å². The molecule has 0 amide bonds. The minimum absolute atomic E-state index is 0.537. The summed E-state index contributed by atoms with van der Waals surface area (Å²) in [5, 5.41) is 3.52. The predicted molar refractivity (Wildman–Crippen MR) is 71.5 cm³/mol. The van der Waals surface area contributed by atoms with Crippen molar-refractivity contribution < 1.29 is 13.2 Å². The molecule has 0 spiro atoms. The summed E-state index contributed by atoms with van der Waals surface area (Å²) >= 11 is 6.06. The van der Waals surface area contributed by atoms with Crippen LogP contribution in [0.3, 0.4) is 0 Å². The fourth-order valence-electron chi connectivity index (χ4n) is 2.16. The first-order valence-corrected chi connectivity index (χ1v) is 6.02. The maximum absolute atomic E-state index is 12.7. The van der Waals surface area contributed by atoms with Crippen molar-refractivity contribution in [2.75, 3.05) is 0 Å². The second-order valence-electron chi connectivity index (χ2n) is 4.37. The van der Waals surface area contributed by atoms with Gasteiger partial charge in [-0.1, -0.05) is 29.8 Å². The van der Waals surface area contributed by atoms with Gasteiger partial charge >= 0.3 is 6.18 Å². The maximum atomic E-state index is 12.7. The molecule has 0 aliphatic rings. The molecular weight excluding hydrogens is 273 g/mol. The van der Waals surface area contributed by atoms with E-state index in [4.69, 9.17) is 11.6 Å². The Kier molecular flexibility index (Phi) is 2.68. The quantitative estimate of drug-likeness (QED) is 0.466. The fourth-order valence-corrected chi connectivity index (χ4v) is 2.40. The molecule has 96 valence electrons. The SMILES string of the molecule is FC(F)(F)c1ccc2cc3cccc(Cl)c3cc2c1. The molecule has 3 aromatic carbocycles. The maximum Gasteiger partial charge on any atom is 0.416 e. The van der Waals surface area contributed by atoms with Crippen LogP contribution in [0.2, 0.25) is 5.02 Å². The van der Waals surface area contributed by atoms with Crippen LogP contribution >= 0.6 is 11.6 Å². The van der Waals surface area contributed by atoms with E-state index in [1.807, 2.05) is 18.2 Å². The van der Waals surface area contributed by atoms with Gasteiger partial charge in [-0.05, 0) is 46.5 Å². The van der Waals surface area contributed by atoms with E-state index in [1.54, 1.807) is 12.1 Å². The zero-order chi connectivity index (χ0) is 13.6. The number of benzene rings is 3. The van der Waals surface area contributed by atoms with Crippen LogP contribution in [0.25, 0.3) is 21.5 Å². The summed E-state index contributed by atoms with van der Waals surface area (Å²) in [5.41, 5.74) is -0.647. The zero-order valence-corrected chi connectivity index (χ0v) is 10.4. The minimum atomic E-state index is -4.33. The number of hydrogen-bond acceptors (Lipinski definition) is 0. The Hall–Kier alpha value is -1.74. The highest BCUT2D eigenvalue weighted by atomic mass is 35.5. The van der Waals surface area contributed by atoms with E-state index in [2.05, 4.69) is 0 Å². The van der Waals surface area contributed by atoms with Gasteiger partial charge in [0.05, 0.1) is 5.56 Å². The standard InChI is InChI=1S/C15H8ClF3/c16-14-3-1-2-10-6-9-4-5-12(15(17,18)19)7-11(9)8-13(10)14/h1-8H. The van der Waals surface area contributed by atoms with E-state index >= 15 is 0 Å². The first-order valence-electron chi connectivity index (χ1n) is 5.64. The van der Waals surface area contributed by atoms with Gasteiger partial charge in [0.25, 0.3) is 0 Å². The molecule has 0 aliphatic carbocycles. The Labute approximate surface area is 112 Å². The summed E-state index contributed by atoms with van der Waals surface area (Å²) in [6.45, 7) is 0. The third-order valence-electron chi connectivity index (χ3n) is 3.11. The lowest BCUT2D eigenvalue weighted by Gasteiger charge is -2.09. The second-order valence-corrected chi connectivity index (χ2v) is 4.78. The summed E-state index contributed by atoms with van der Waals surface area (Å²) < 4.78 is 38.0. The molecule has 0 heterocycles. The summed E-state index contributed by atoms with van der Waals surface area (Å²) in [4.78, 5) is 0. The van der Waals surface area contributed by atoms with E-state index in [-0.39, 0.29) is 0 Å². The fraction of sp³-hybridized carbons (Fsp3) is 0.0667. The van der Waals surface area contributed by atoms with Gasteiger partial charge < -0.3 is 0 Å². The molecule has 0 unspecified atom stereocenters. The number of fused-ring (bicyclic) bond motifs is 2. The molecule has 0 nitrogen and oxygen atoms in total.